The molecule has 1 saturated heterocycles. The molecule has 0 aromatic carbocycles. The molecule has 0 aliphatic carbocycles. The lowest BCUT2D eigenvalue weighted by atomic mass is 9.95. The predicted molar refractivity (Wildman–Crippen MR) is 62.7 cm³/mol. The first kappa shape index (κ1) is 12.9. The van der Waals surface area contributed by atoms with Crippen LogP contribution >= 0.6 is 0 Å². The van der Waals surface area contributed by atoms with Crippen molar-refractivity contribution in [1.82, 2.24) is 20.1 Å². The van der Waals surface area contributed by atoms with E-state index in [4.69, 9.17) is 0 Å². The minimum Gasteiger partial charge on any atom is -0.317 e. The summed E-state index contributed by atoms with van der Waals surface area (Å²) >= 11 is 0. The van der Waals surface area contributed by atoms with E-state index in [1.54, 1.807) is 4.57 Å². The fraction of sp³-hybridized carbons (Fsp3) is 0.833. The summed E-state index contributed by atoms with van der Waals surface area (Å²) in [4.78, 5) is 0. The lowest BCUT2D eigenvalue weighted by Crippen LogP contribution is -2.34. The van der Waals surface area contributed by atoms with Gasteiger partial charge in [-0.1, -0.05) is 0 Å². The molecule has 7 heteroatoms. The molecular formula is C12H17F3N4. The monoisotopic (exact) mass is 274 g/mol. The Kier molecular flexibility index (Phi) is 3.24. The van der Waals surface area contributed by atoms with Crippen LogP contribution in [0, 0.1) is 5.92 Å². The molecule has 4 nitrogen and oxygen atoms in total. The molecular weight excluding hydrogens is 257 g/mol. The van der Waals surface area contributed by atoms with Crippen LogP contribution in [0.2, 0.25) is 0 Å². The van der Waals surface area contributed by atoms with Gasteiger partial charge in [0.25, 0.3) is 0 Å². The molecule has 0 radical (unpaired) electrons. The second-order valence-electron chi connectivity index (χ2n) is 5.39. The van der Waals surface area contributed by atoms with Gasteiger partial charge >= 0.3 is 6.18 Å². The molecule has 2 aliphatic rings. The molecule has 1 unspecified atom stereocenters. The summed E-state index contributed by atoms with van der Waals surface area (Å²) in [7, 11) is 0. The number of nitrogens with zero attached hydrogens (tertiary/aromatic N) is 3. The topological polar surface area (TPSA) is 42.7 Å². The molecule has 1 aromatic rings. The Hall–Kier alpha value is -1.11. The maximum atomic E-state index is 12.9. The van der Waals surface area contributed by atoms with Crippen molar-refractivity contribution in [1.29, 1.82) is 0 Å². The number of nitrogens with one attached hydrogen (secondary N) is 1. The average Bonchev–Trinajstić information content (AvgIpc) is 2.81. The van der Waals surface area contributed by atoms with Gasteiger partial charge in [0.1, 0.15) is 11.6 Å². The number of hydrogen-bond donors (Lipinski definition) is 1. The van der Waals surface area contributed by atoms with Gasteiger partial charge in [-0.05, 0) is 32.4 Å². The van der Waals surface area contributed by atoms with Crippen LogP contribution in [0.4, 0.5) is 13.2 Å². The zero-order chi connectivity index (χ0) is 13.5. The van der Waals surface area contributed by atoms with Crippen LogP contribution in [0.15, 0.2) is 0 Å². The van der Waals surface area contributed by atoms with Crippen LogP contribution in [0.3, 0.4) is 0 Å². The number of piperidine rings is 1. The molecule has 1 N–H and O–H groups in total. The van der Waals surface area contributed by atoms with Gasteiger partial charge in [0, 0.05) is 18.9 Å². The van der Waals surface area contributed by atoms with Crippen molar-refractivity contribution in [2.45, 2.75) is 44.3 Å². The molecule has 1 fully saturated rings. The Morgan fingerprint density at radius 1 is 1.11 bits per heavy atom. The van der Waals surface area contributed by atoms with E-state index in [2.05, 4.69) is 15.5 Å². The first-order valence-electron chi connectivity index (χ1n) is 6.75. The summed E-state index contributed by atoms with van der Waals surface area (Å²) in [6.45, 7) is 1.79. The third-order valence-corrected chi connectivity index (χ3v) is 4.14. The van der Waals surface area contributed by atoms with E-state index >= 15 is 0 Å². The van der Waals surface area contributed by atoms with Crippen LogP contribution in [0.5, 0.6) is 0 Å². The van der Waals surface area contributed by atoms with Crippen LogP contribution in [-0.2, 0) is 13.0 Å². The molecule has 1 atom stereocenters. The summed E-state index contributed by atoms with van der Waals surface area (Å²) in [5, 5.41) is 11.5. The van der Waals surface area contributed by atoms with E-state index in [1.807, 2.05) is 0 Å². The van der Waals surface area contributed by atoms with E-state index in [0.29, 0.717) is 12.2 Å². The quantitative estimate of drug-likeness (QED) is 0.850. The zero-order valence-corrected chi connectivity index (χ0v) is 10.6. The smallest absolute Gasteiger partial charge is 0.317 e. The van der Waals surface area contributed by atoms with Crippen LogP contribution in [-0.4, -0.2) is 34.0 Å². The van der Waals surface area contributed by atoms with Gasteiger partial charge in [0.05, 0.1) is 5.92 Å². The largest absolute Gasteiger partial charge is 0.393 e. The van der Waals surface area contributed by atoms with E-state index in [-0.39, 0.29) is 18.9 Å². The molecule has 2 aliphatic heterocycles. The van der Waals surface area contributed by atoms with Gasteiger partial charge in [-0.3, -0.25) is 0 Å². The van der Waals surface area contributed by atoms with Gasteiger partial charge in [0.2, 0.25) is 0 Å². The van der Waals surface area contributed by atoms with Crippen LogP contribution in [0.25, 0.3) is 0 Å². The zero-order valence-electron chi connectivity index (χ0n) is 10.6. The fourth-order valence-electron chi connectivity index (χ4n) is 3.00. The maximum Gasteiger partial charge on any atom is 0.393 e. The lowest BCUT2D eigenvalue weighted by molar-refractivity contribution is -0.182. The second kappa shape index (κ2) is 4.77. The van der Waals surface area contributed by atoms with Gasteiger partial charge in [0.15, 0.2) is 0 Å². The highest BCUT2D eigenvalue weighted by Gasteiger charge is 2.42. The SMILES string of the molecule is FC(F)(F)C1CCc2nnc(C3CCNCC3)n2C1. The highest BCUT2D eigenvalue weighted by molar-refractivity contribution is 5.06. The highest BCUT2D eigenvalue weighted by Crippen LogP contribution is 2.36. The number of rotatable bonds is 1. The number of halogens is 3. The second-order valence-corrected chi connectivity index (χ2v) is 5.39. The van der Waals surface area contributed by atoms with E-state index in [0.717, 1.165) is 31.8 Å². The number of hydrogen-bond acceptors (Lipinski definition) is 3. The van der Waals surface area contributed by atoms with Crippen molar-refractivity contribution in [3.8, 4) is 0 Å². The molecule has 0 amide bonds. The van der Waals surface area contributed by atoms with Crippen molar-refractivity contribution in [2.75, 3.05) is 13.1 Å². The molecule has 0 spiro atoms. The Morgan fingerprint density at radius 3 is 2.53 bits per heavy atom. The summed E-state index contributed by atoms with van der Waals surface area (Å²) in [6, 6.07) is 0. The van der Waals surface area contributed by atoms with Crippen molar-refractivity contribution < 1.29 is 13.2 Å². The highest BCUT2D eigenvalue weighted by atomic mass is 19.4. The molecule has 106 valence electrons. The van der Waals surface area contributed by atoms with Gasteiger partial charge in [-0.25, -0.2) is 0 Å². The summed E-state index contributed by atoms with van der Waals surface area (Å²) in [5.41, 5.74) is 0. The first-order valence-corrected chi connectivity index (χ1v) is 6.75. The third-order valence-electron chi connectivity index (χ3n) is 4.14. The predicted octanol–water partition coefficient (Wildman–Crippen LogP) is 1.87. The van der Waals surface area contributed by atoms with E-state index in [1.165, 1.54) is 0 Å². The molecule has 19 heavy (non-hydrogen) atoms. The lowest BCUT2D eigenvalue weighted by Gasteiger charge is -2.28. The normalized spacial score (nSPS) is 25.3. The number of aryl methyl sites for hydroxylation is 1. The number of fused-ring (bicyclic) bond motifs is 1. The van der Waals surface area contributed by atoms with E-state index < -0.39 is 12.1 Å². The Balaban J connectivity index is 1.84. The Bertz CT molecular complexity index is 448. The van der Waals surface area contributed by atoms with Gasteiger partial charge < -0.3 is 9.88 Å². The van der Waals surface area contributed by atoms with Crippen molar-refractivity contribution in [3.63, 3.8) is 0 Å². The average molecular weight is 274 g/mol. The van der Waals surface area contributed by atoms with Crippen molar-refractivity contribution in [2.24, 2.45) is 5.92 Å². The Morgan fingerprint density at radius 2 is 1.84 bits per heavy atom. The van der Waals surface area contributed by atoms with Gasteiger partial charge in [-0.2, -0.15) is 13.2 Å². The molecule has 0 bridgehead atoms. The minimum atomic E-state index is -4.12. The van der Waals surface area contributed by atoms with Crippen LogP contribution < -0.4 is 5.32 Å². The summed E-state index contributed by atoms with van der Waals surface area (Å²) in [5.74, 6) is 0.463. The van der Waals surface area contributed by atoms with Crippen molar-refractivity contribution in [3.05, 3.63) is 11.6 Å². The van der Waals surface area contributed by atoms with Crippen molar-refractivity contribution >= 4 is 0 Å². The van der Waals surface area contributed by atoms with E-state index in [9.17, 15) is 13.2 Å². The molecule has 3 heterocycles. The molecule has 0 saturated carbocycles. The minimum absolute atomic E-state index is 0.00883. The number of alkyl halides is 3. The third kappa shape index (κ3) is 2.48. The van der Waals surface area contributed by atoms with Gasteiger partial charge in [-0.15, -0.1) is 10.2 Å². The first-order chi connectivity index (χ1) is 9.05. The molecule has 1 aromatic heterocycles. The summed E-state index contributed by atoms with van der Waals surface area (Å²) in [6.07, 6.45) is -1.76. The molecule has 3 rings (SSSR count). The maximum absolute atomic E-state index is 12.9. The summed E-state index contributed by atoms with van der Waals surface area (Å²) < 4.78 is 40.3. The number of aromatic nitrogens is 3. The fourth-order valence-corrected chi connectivity index (χ4v) is 3.00. The Labute approximate surface area is 109 Å². The van der Waals surface area contributed by atoms with Crippen LogP contribution in [0.1, 0.15) is 36.8 Å². The standard InChI is InChI=1S/C12H17F3N4/c13-12(14,15)9-1-2-10-17-18-11(19(10)7-9)8-3-5-16-6-4-8/h8-9,16H,1-7H2.